The Morgan fingerprint density at radius 1 is 1.00 bits per heavy atom. The van der Waals surface area contributed by atoms with Gasteiger partial charge in [0.1, 0.15) is 11.6 Å². The van der Waals surface area contributed by atoms with Crippen molar-refractivity contribution < 1.29 is 0 Å². The molecule has 0 aliphatic carbocycles. The van der Waals surface area contributed by atoms with Crippen LogP contribution in [0, 0.1) is 6.92 Å². The van der Waals surface area contributed by atoms with Gasteiger partial charge in [0.15, 0.2) is 5.65 Å². The van der Waals surface area contributed by atoms with Gasteiger partial charge in [-0.05, 0) is 27.7 Å². The Kier molecular flexibility index (Phi) is 4.38. The molecule has 0 spiro atoms. The molecule has 144 valence electrons. The highest BCUT2D eigenvalue weighted by atomic mass is 15.3. The highest BCUT2D eigenvalue weighted by Gasteiger charge is 2.22. The van der Waals surface area contributed by atoms with Crippen molar-refractivity contribution in [3.05, 3.63) is 30.0 Å². The number of hydrogen-bond acceptors (Lipinski definition) is 6. The Morgan fingerprint density at radius 2 is 1.74 bits per heavy atom. The molecule has 3 aromatic rings. The molecule has 0 aromatic carbocycles. The van der Waals surface area contributed by atoms with Gasteiger partial charge >= 0.3 is 0 Å². The van der Waals surface area contributed by atoms with Crippen LogP contribution in [0.1, 0.15) is 32.2 Å². The van der Waals surface area contributed by atoms with E-state index in [1.54, 1.807) is 0 Å². The molecular weight excluding hydrogens is 340 g/mol. The van der Waals surface area contributed by atoms with E-state index in [0.717, 1.165) is 55.4 Å². The van der Waals surface area contributed by atoms with Crippen molar-refractivity contribution in [1.29, 1.82) is 0 Å². The number of nitrogens with zero attached hydrogens (tertiary/aromatic N) is 8. The van der Waals surface area contributed by atoms with Gasteiger partial charge in [0, 0.05) is 51.5 Å². The Bertz CT molecular complexity index is 940. The average Bonchev–Trinajstić information content (AvgIpc) is 3.22. The van der Waals surface area contributed by atoms with Crippen molar-refractivity contribution >= 4 is 16.9 Å². The summed E-state index contributed by atoms with van der Waals surface area (Å²) in [6.45, 7) is 13.3. The van der Waals surface area contributed by atoms with Crippen LogP contribution in [0.4, 0.5) is 5.82 Å². The molecule has 0 amide bonds. The lowest BCUT2D eigenvalue weighted by Gasteiger charge is -2.35. The monoisotopic (exact) mass is 368 g/mol. The van der Waals surface area contributed by atoms with Gasteiger partial charge in [-0.3, -0.25) is 14.3 Å². The number of rotatable bonds is 3. The lowest BCUT2D eigenvalue weighted by Crippen LogP contribution is -2.46. The summed E-state index contributed by atoms with van der Waals surface area (Å²) in [4.78, 5) is 14.1. The minimum Gasteiger partial charge on any atom is -0.353 e. The molecule has 1 fully saturated rings. The van der Waals surface area contributed by atoms with Crippen LogP contribution in [0.3, 0.4) is 0 Å². The van der Waals surface area contributed by atoms with Gasteiger partial charge in [0.05, 0.1) is 23.3 Å². The minimum atomic E-state index is 0.0247. The molecule has 0 atom stereocenters. The van der Waals surface area contributed by atoms with Crippen LogP contribution in [-0.2, 0) is 19.1 Å². The average molecular weight is 368 g/mol. The Labute approximate surface area is 159 Å². The maximum Gasteiger partial charge on any atom is 0.163 e. The van der Waals surface area contributed by atoms with Gasteiger partial charge in [0.25, 0.3) is 0 Å². The number of fused-ring (bicyclic) bond motifs is 1. The summed E-state index contributed by atoms with van der Waals surface area (Å²) in [7, 11) is 1.92. The molecular formula is C19H28N8. The summed E-state index contributed by atoms with van der Waals surface area (Å²) < 4.78 is 3.86. The zero-order chi connectivity index (χ0) is 19.2. The number of piperazine rings is 1. The summed E-state index contributed by atoms with van der Waals surface area (Å²) in [5, 5.41) is 9.90. The molecule has 27 heavy (non-hydrogen) atoms. The molecule has 0 unspecified atom stereocenters. The largest absolute Gasteiger partial charge is 0.353 e. The van der Waals surface area contributed by atoms with Crippen LogP contribution in [0.25, 0.3) is 11.0 Å². The second kappa shape index (κ2) is 6.60. The molecule has 0 saturated carbocycles. The second-order valence-corrected chi connectivity index (χ2v) is 8.33. The fourth-order valence-electron chi connectivity index (χ4n) is 3.54. The maximum atomic E-state index is 4.71. The standard InChI is InChI=1S/C19H28N8/c1-14-22-17-16(11-20-24(17)5)18(23-14)26-8-6-25(7-9-26)12-15-10-21-27(13-15)19(2,3)4/h10-11,13H,6-9,12H2,1-5H3. The van der Waals surface area contributed by atoms with E-state index in [1.165, 1.54) is 5.56 Å². The van der Waals surface area contributed by atoms with Crippen molar-refractivity contribution in [2.75, 3.05) is 31.1 Å². The highest BCUT2D eigenvalue weighted by Crippen LogP contribution is 2.24. The molecule has 1 saturated heterocycles. The molecule has 4 heterocycles. The fourth-order valence-corrected chi connectivity index (χ4v) is 3.54. The van der Waals surface area contributed by atoms with Gasteiger partial charge < -0.3 is 4.90 Å². The first-order valence-electron chi connectivity index (χ1n) is 9.49. The van der Waals surface area contributed by atoms with Crippen molar-refractivity contribution in [1.82, 2.24) is 34.4 Å². The van der Waals surface area contributed by atoms with E-state index in [-0.39, 0.29) is 5.54 Å². The quantitative estimate of drug-likeness (QED) is 0.704. The minimum absolute atomic E-state index is 0.0247. The lowest BCUT2D eigenvalue weighted by atomic mass is 10.1. The van der Waals surface area contributed by atoms with E-state index in [9.17, 15) is 0 Å². The van der Waals surface area contributed by atoms with E-state index in [1.807, 2.05) is 35.7 Å². The van der Waals surface area contributed by atoms with Gasteiger partial charge in [0.2, 0.25) is 0 Å². The summed E-state index contributed by atoms with van der Waals surface area (Å²) in [6.07, 6.45) is 6.03. The summed E-state index contributed by atoms with van der Waals surface area (Å²) in [5.41, 5.74) is 2.19. The van der Waals surface area contributed by atoms with Crippen LogP contribution in [0.2, 0.25) is 0 Å². The first-order chi connectivity index (χ1) is 12.8. The van der Waals surface area contributed by atoms with Crippen LogP contribution in [0.15, 0.2) is 18.6 Å². The fraction of sp³-hybridized carbons (Fsp3) is 0.579. The van der Waals surface area contributed by atoms with Gasteiger partial charge in [-0.2, -0.15) is 10.2 Å². The first kappa shape index (κ1) is 17.9. The van der Waals surface area contributed by atoms with Crippen LogP contribution >= 0.6 is 0 Å². The third-order valence-corrected chi connectivity index (χ3v) is 5.09. The summed E-state index contributed by atoms with van der Waals surface area (Å²) >= 11 is 0. The van der Waals surface area contributed by atoms with E-state index in [2.05, 4.69) is 51.9 Å². The van der Waals surface area contributed by atoms with Crippen molar-refractivity contribution in [3.63, 3.8) is 0 Å². The van der Waals surface area contributed by atoms with Gasteiger partial charge in [-0.15, -0.1) is 0 Å². The third-order valence-electron chi connectivity index (χ3n) is 5.09. The molecule has 0 radical (unpaired) electrons. The number of aryl methyl sites for hydroxylation is 2. The molecule has 8 nitrogen and oxygen atoms in total. The Morgan fingerprint density at radius 3 is 2.41 bits per heavy atom. The smallest absolute Gasteiger partial charge is 0.163 e. The predicted octanol–water partition coefficient (Wildman–Crippen LogP) is 1.95. The molecule has 8 heteroatoms. The maximum absolute atomic E-state index is 4.71. The lowest BCUT2D eigenvalue weighted by molar-refractivity contribution is 0.249. The van der Waals surface area contributed by atoms with Crippen molar-refractivity contribution in [3.8, 4) is 0 Å². The summed E-state index contributed by atoms with van der Waals surface area (Å²) in [6, 6.07) is 0. The van der Waals surface area contributed by atoms with Crippen LogP contribution in [-0.4, -0.2) is 60.6 Å². The van der Waals surface area contributed by atoms with Crippen molar-refractivity contribution in [2.24, 2.45) is 7.05 Å². The van der Waals surface area contributed by atoms with Gasteiger partial charge in [-0.1, -0.05) is 0 Å². The molecule has 1 aliphatic heterocycles. The van der Waals surface area contributed by atoms with Crippen molar-refractivity contribution in [2.45, 2.75) is 39.8 Å². The zero-order valence-electron chi connectivity index (χ0n) is 16.8. The zero-order valence-corrected chi connectivity index (χ0v) is 16.8. The predicted molar refractivity (Wildman–Crippen MR) is 106 cm³/mol. The molecule has 0 N–H and O–H groups in total. The van der Waals surface area contributed by atoms with Crippen LogP contribution in [0.5, 0.6) is 0 Å². The van der Waals surface area contributed by atoms with E-state index in [0.29, 0.717) is 0 Å². The number of hydrogen-bond donors (Lipinski definition) is 0. The topological polar surface area (TPSA) is 67.9 Å². The van der Waals surface area contributed by atoms with E-state index >= 15 is 0 Å². The Hall–Kier alpha value is -2.48. The number of aromatic nitrogens is 6. The summed E-state index contributed by atoms with van der Waals surface area (Å²) in [5.74, 6) is 1.80. The van der Waals surface area contributed by atoms with Gasteiger partial charge in [-0.25, -0.2) is 9.97 Å². The third kappa shape index (κ3) is 3.53. The normalized spacial score (nSPS) is 16.4. The van der Waals surface area contributed by atoms with Crippen LogP contribution < -0.4 is 4.90 Å². The SMILES string of the molecule is Cc1nc(N2CCN(Cc3cnn(C(C)(C)C)c3)CC2)c2cnn(C)c2n1. The van der Waals surface area contributed by atoms with E-state index < -0.39 is 0 Å². The first-order valence-corrected chi connectivity index (χ1v) is 9.49. The van der Waals surface area contributed by atoms with E-state index in [4.69, 9.17) is 4.98 Å². The highest BCUT2D eigenvalue weighted by molar-refractivity contribution is 5.87. The number of anilines is 1. The molecule has 3 aromatic heterocycles. The second-order valence-electron chi connectivity index (χ2n) is 8.33. The molecule has 4 rings (SSSR count). The Balaban J connectivity index is 1.44. The molecule has 1 aliphatic rings. The molecule has 0 bridgehead atoms.